The molecule has 0 atom stereocenters. The second-order valence-corrected chi connectivity index (χ2v) is 5.36. The lowest BCUT2D eigenvalue weighted by atomic mass is 10.1. The number of rotatable bonds is 5. The first kappa shape index (κ1) is 15.9. The first-order valence-electron chi connectivity index (χ1n) is 7.70. The molecule has 0 spiro atoms. The predicted molar refractivity (Wildman–Crippen MR) is 93.0 cm³/mol. The Morgan fingerprint density at radius 3 is 2.21 bits per heavy atom. The fourth-order valence-corrected chi connectivity index (χ4v) is 2.29. The first-order chi connectivity index (χ1) is 11.7. The van der Waals surface area contributed by atoms with Crippen molar-refractivity contribution >= 4 is 5.91 Å². The summed E-state index contributed by atoms with van der Waals surface area (Å²) in [7, 11) is 1.60. The molecule has 4 heteroatoms. The molecule has 3 rings (SSSR count). The zero-order valence-electron chi connectivity index (χ0n) is 13.4. The van der Waals surface area contributed by atoms with E-state index in [9.17, 15) is 4.79 Å². The van der Waals surface area contributed by atoms with Crippen LogP contribution in [0.5, 0.6) is 0 Å². The van der Waals surface area contributed by atoms with Gasteiger partial charge in [-0.2, -0.15) is 0 Å². The highest BCUT2D eigenvalue weighted by Gasteiger charge is 2.14. The van der Waals surface area contributed by atoms with Crippen LogP contribution in [0, 0.1) is 0 Å². The lowest BCUT2D eigenvalue weighted by molar-refractivity contribution is -0.116. The standard InChI is InChI=1S/C20H18N2O2/c1-22(24-15-16-8-4-2-5-9-16)20(23)19-13-12-18(14-21-19)17-10-6-3-7-11-17/h2-14H,15H2,1H3. The summed E-state index contributed by atoms with van der Waals surface area (Å²) in [6.07, 6.45) is 1.70. The van der Waals surface area contributed by atoms with E-state index in [2.05, 4.69) is 4.98 Å². The van der Waals surface area contributed by atoms with Crippen LogP contribution >= 0.6 is 0 Å². The average molecular weight is 318 g/mol. The molecule has 0 aliphatic rings. The summed E-state index contributed by atoms with van der Waals surface area (Å²) in [5, 5.41) is 1.22. The molecule has 0 bridgehead atoms. The van der Waals surface area contributed by atoms with E-state index >= 15 is 0 Å². The molecule has 0 aliphatic heterocycles. The van der Waals surface area contributed by atoms with Gasteiger partial charge in [-0.25, -0.2) is 5.06 Å². The summed E-state index contributed by atoms with van der Waals surface area (Å²) in [5.74, 6) is -0.273. The number of benzene rings is 2. The highest BCUT2D eigenvalue weighted by molar-refractivity contribution is 5.91. The SMILES string of the molecule is CN(OCc1ccccc1)C(=O)c1ccc(-c2ccccc2)cn1. The Morgan fingerprint density at radius 1 is 0.917 bits per heavy atom. The third-order valence-corrected chi connectivity index (χ3v) is 3.64. The number of pyridine rings is 1. The molecule has 1 amide bonds. The van der Waals surface area contributed by atoms with Crippen molar-refractivity contribution in [1.29, 1.82) is 0 Å². The minimum absolute atomic E-state index is 0.273. The molecular formula is C20H18N2O2. The molecule has 0 aliphatic carbocycles. The Hall–Kier alpha value is -2.98. The molecule has 0 radical (unpaired) electrons. The van der Waals surface area contributed by atoms with Gasteiger partial charge in [0.25, 0.3) is 5.91 Å². The molecule has 1 heterocycles. The zero-order valence-corrected chi connectivity index (χ0v) is 13.4. The molecule has 24 heavy (non-hydrogen) atoms. The normalized spacial score (nSPS) is 10.4. The zero-order chi connectivity index (χ0) is 16.8. The summed E-state index contributed by atoms with van der Waals surface area (Å²) >= 11 is 0. The molecule has 3 aromatic rings. The molecule has 0 saturated heterocycles. The van der Waals surface area contributed by atoms with Gasteiger partial charge >= 0.3 is 0 Å². The highest BCUT2D eigenvalue weighted by Crippen LogP contribution is 2.18. The van der Waals surface area contributed by atoms with E-state index in [1.54, 1.807) is 19.3 Å². The minimum atomic E-state index is -0.273. The van der Waals surface area contributed by atoms with Crippen LogP contribution in [-0.4, -0.2) is 23.0 Å². The smallest absolute Gasteiger partial charge is 0.266 e. The van der Waals surface area contributed by atoms with Gasteiger partial charge < -0.3 is 0 Å². The van der Waals surface area contributed by atoms with E-state index in [1.165, 1.54) is 5.06 Å². The van der Waals surface area contributed by atoms with Crippen LogP contribution in [0.4, 0.5) is 0 Å². The second kappa shape index (κ2) is 7.53. The van der Waals surface area contributed by atoms with Gasteiger partial charge in [-0.05, 0) is 17.2 Å². The van der Waals surface area contributed by atoms with Crippen molar-refractivity contribution in [3.63, 3.8) is 0 Å². The predicted octanol–water partition coefficient (Wildman–Crippen LogP) is 3.95. The van der Waals surface area contributed by atoms with Gasteiger partial charge in [-0.3, -0.25) is 14.6 Å². The van der Waals surface area contributed by atoms with Crippen LogP contribution in [-0.2, 0) is 11.4 Å². The summed E-state index contributed by atoms with van der Waals surface area (Å²) in [6, 6.07) is 23.2. The van der Waals surface area contributed by atoms with E-state index in [0.717, 1.165) is 16.7 Å². The Labute approximate surface area is 141 Å². The van der Waals surface area contributed by atoms with E-state index in [4.69, 9.17) is 4.84 Å². The fourth-order valence-electron chi connectivity index (χ4n) is 2.29. The highest BCUT2D eigenvalue weighted by atomic mass is 16.7. The lowest BCUT2D eigenvalue weighted by Gasteiger charge is -2.16. The fraction of sp³-hybridized carbons (Fsp3) is 0.100. The average Bonchev–Trinajstić information content (AvgIpc) is 2.67. The van der Waals surface area contributed by atoms with Crippen LogP contribution in [0.15, 0.2) is 79.0 Å². The van der Waals surface area contributed by atoms with E-state index < -0.39 is 0 Å². The second-order valence-electron chi connectivity index (χ2n) is 5.36. The van der Waals surface area contributed by atoms with Gasteiger partial charge in [-0.1, -0.05) is 66.7 Å². The topological polar surface area (TPSA) is 42.4 Å². The number of carbonyl (C=O) groups excluding carboxylic acids is 1. The third kappa shape index (κ3) is 3.86. The van der Waals surface area contributed by atoms with Crippen molar-refractivity contribution < 1.29 is 9.63 Å². The summed E-state index contributed by atoms with van der Waals surface area (Å²) in [6.45, 7) is 0.338. The van der Waals surface area contributed by atoms with E-state index in [-0.39, 0.29) is 5.91 Å². The molecular weight excluding hydrogens is 300 g/mol. The number of amides is 1. The van der Waals surface area contributed by atoms with Crippen molar-refractivity contribution in [3.8, 4) is 11.1 Å². The summed E-state index contributed by atoms with van der Waals surface area (Å²) < 4.78 is 0. The Bertz CT molecular complexity index is 787. The number of hydroxylamine groups is 2. The van der Waals surface area contributed by atoms with Crippen LogP contribution in [0.1, 0.15) is 16.1 Å². The molecule has 0 fully saturated rings. The van der Waals surface area contributed by atoms with E-state index in [0.29, 0.717) is 12.3 Å². The van der Waals surface area contributed by atoms with Gasteiger partial charge in [0.1, 0.15) is 12.3 Å². The molecule has 0 saturated carbocycles. The van der Waals surface area contributed by atoms with Crippen LogP contribution in [0.3, 0.4) is 0 Å². The number of nitrogens with zero attached hydrogens (tertiary/aromatic N) is 2. The maximum atomic E-state index is 12.4. The van der Waals surface area contributed by atoms with Crippen molar-refractivity contribution in [2.75, 3.05) is 7.05 Å². The van der Waals surface area contributed by atoms with Gasteiger partial charge in [0.15, 0.2) is 0 Å². The van der Waals surface area contributed by atoms with Crippen molar-refractivity contribution in [2.24, 2.45) is 0 Å². The Balaban J connectivity index is 1.64. The summed E-state index contributed by atoms with van der Waals surface area (Å²) in [4.78, 5) is 22.1. The van der Waals surface area contributed by atoms with Crippen LogP contribution in [0.25, 0.3) is 11.1 Å². The molecule has 4 nitrogen and oxygen atoms in total. The quantitative estimate of drug-likeness (QED) is 0.669. The Morgan fingerprint density at radius 2 is 1.58 bits per heavy atom. The maximum Gasteiger partial charge on any atom is 0.295 e. The molecule has 2 aromatic carbocycles. The van der Waals surface area contributed by atoms with Gasteiger partial charge in [0, 0.05) is 18.8 Å². The first-order valence-corrected chi connectivity index (χ1v) is 7.70. The van der Waals surface area contributed by atoms with Crippen molar-refractivity contribution in [3.05, 3.63) is 90.3 Å². The molecule has 0 unspecified atom stereocenters. The van der Waals surface area contributed by atoms with Gasteiger partial charge in [0.2, 0.25) is 0 Å². The number of hydrogen-bond acceptors (Lipinski definition) is 3. The van der Waals surface area contributed by atoms with Crippen LogP contribution < -0.4 is 0 Å². The molecule has 120 valence electrons. The maximum absolute atomic E-state index is 12.4. The van der Waals surface area contributed by atoms with Crippen molar-refractivity contribution in [1.82, 2.24) is 10.0 Å². The van der Waals surface area contributed by atoms with Crippen molar-refractivity contribution in [2.45, 2.75) is 6.61 Å². The van der Waals surface area contributed by atoms with Gasteiger partial charge in [0.05, 0.1) is 0 Å². The van der Waals surface area contributed by atoms with Crippen LogP contribution in [0.2, 0.25) is 0 Å². The monoisotopic (exact) mass is 318 g/mol. The Kier molecular flexibility index (Phi) is 4.99. The molecule has 1 aromatic heterocycles. The summed E-state index contributed by atoms with van der Waals surface area (Å²) in [5.41, 5.74) is 3.40. The largest absolute Gasteiger partial charge is 0.295 e. The minimum Gasteiger partial charge on any atom is -0.266 e. The van der Waals surface area contributed by atoms with E-state index in [1.807, 2.05) is 66.7 Å². The van der Waals surface area contributed by atoms with Gasteiger partial charge in [-0.15, -0.1) is 0 Å². The molecule has 0 N–H and O–H groups in total. The number of aromatic nitrogens is 1. The third-order valence-electron chi connectivity index (χ3n) is 3.64. The number of carbonyl (C=O) groups is 1. The number of hydrogen-bond donors (Lipinski definition) is 0. The lowest BCUT2D eigenvalue weighted by Crippen LogP contribution is -2.27.